The monoisotopic (exact) mass is 291 g/mol. The van der Waals surface area contributed by atoms with Crippen LogP contribution in [0.5, 0.6) is 0 Å². The largest absolute Gasteiger partial charge is 0.308 e. The maximum atomic E-state index is 4.48. The highest BCUT2D eigenvalue weighted by Crippen LogP contribution is 2.34. The number of aryl methyl sites for hydroxylation is 1. The number of nitrogens with zero attached hydrogens (tertiary/aromatic N) is 4. The Labute approximate surface area is 128 Å². The predicted octanol–water partition coefficient (Wildman–Crippen LogP) is 2.04. The van der Waals surface area contributed by atoms with Crippen LogP contribution in [0.15, 0.2) is 6.33 Å². The molecule has 1 spiro atoms. The van der Waals surface area contributed by atoms with Crippen LogP contribution in [0.2, 0.25) is 0 Å². The molecule has 118 valence electrons. The van der Waals surface area contributed by atoms with Gasteiger partial charge in [0, 0.05) is 31.2 Å². The van der Waals surface area contributed by atoms with E-state index in [1.54, 1.807) is 6.33 Å². The molecule has 1 aromatic rings. The summed E-state index contributed by atoms with van der Waals surface area (Å²) in [6, 6.07) is 0.596. The lowest BCUT2D eigenvalue weighted by Crippen LogP contribution is -2.64. The molecule has 1 atom stereocenters. The van der Waals surface area contributed by atoms with Crippen molar-refractivity contribution < 1.29 is 0 Å². The molecule has 0 bridgehead atoms. The molecule has 1 unspecified atom stereocenters. The van der Waals surface area contributed by atoms with Crippen molar-refractivity contribution in [1.82, 2.24) is 25.0 Å². The van der Waals surface area contributed by atoms with Gasteiger partial charge in [0.2, 0.25) is 0 Å². The van der Waals surface area contributed by atoms with Crippen LogP contribution in [0.1, 0.15) is 52.3 Å². The zero-order valence-electron chi connectivity index (χ0n) is 13.7. The van der Waals surface area contributed by atoms with E-state index in [0.717, 1.165) is 32.0 Å². The van der Waals surface area contributed by atoms with E-state index < -0.39 is 0 Å². The van der Waals surface area contributed by atoms with Gasteiger partial charge in [-0.15, -0.1) is 0 Å². The lowest BCUT2D eigenvalue weighted by atomic mass is 9.89. The molecule has 2 aliphatic rings. The first kappa shape index (κ1) is 15.0. The van der Waals surface area contributed by atoms with Crippen LogP contribution in [0, 0.1) is 5.92 Å². The second kappa shape index (κ2) is 6.05. The van der Waals surface area contributed by atoms with E-state index in [0.29, 0.717) is 17.5 Å². The zero-order chi connectivity index (χ0) is 14.9. The molecule has 1 aliphatic carbocycles. The maximum Gasteiger partial charge on any atom is 0.141 e. The maximum absolute atomic E-state index is 4.48. The van der Waals surface area contributed by atoms with E-state index in [4.69, 9.17) is 0 Å². The Hall–Kier alpha value is -0.940. The van der Waals surface area contributed by atoms with E-state index in [-0.39, 0.29) is 0 Å². The molecule has 2 fully saturated rings. The molecule has 0 amide bonds. The highest BCUT2D eigenvalue weighted by Gasteiger charge is 2.41. The van der Waals surface area contributed by atoms with Gasteiger partial charge in [-0.2, -0.15) is 5.10 Å². The van der Waals surface area contributed by atoms with Crippen molar-refractivity contribution >= 4 is 0 Å². The van der Waals surface area contributed by atoms with Crippen molar-refractivity contribution in [3.05, 3.63) is 12.2 Å². The van der Waals surface area contributed by atoms with Crippen LogP contribution < -0.4 is 5.32 Å². The van der Waals surface area contributed by atoms with Crippen LogP contribution in [0.4, 0.5) is 0 Å². The first-order chi connectivity index (χ1) is 10.1. The van der Waals surface area contributed by atoms with Gasteiger partial charge in [0.1, 0.15) is 12.2 Å². The Bertz CT molecular complexity index is 461. The lowest BCUT2D eigenvalue weighted by molar-refractivity contribution is 0.0476. The Morgan fingerprint density at radius 1 is 1.38 bits per heavy atom. The van der Waals surface area contributed by atoms with E-state index >= 15 is 0 Å². The van der Waals surface area contributed by atoms with E-state index in [9.17, 15) is 0 Å². The van der Waals surface area contributed by atoms with Crippen LogP contribution in [-0.4, -0.2) is 44.3 Å². The van der Waals surface area contributed by atoms with Gasteiger partial charge in [-0.25, -0.2) is 9.67 Å². The third-order valence-corrected chi connectivity index (χ3v) is 5.33. The van der Waals surface area contributed by atoms with Crippen molar-refractivity contribution in [2.45, 2.75) is 71.1 Å². The number of rotatable bonds is 4. The minimum Gasteiger partial charge on any atom is -0.308 e. The van der Waals surface area contributed by atoms with Crippen molar-refractivity contribution in [3.63, 3.8) is 0 Å². The topological polar surface area (TPSA) is 46.0 Å². The van der Waals surface area contributed by atoms with Crippen molar-refractivity contribution in [1.29, 1.82) is 0 Å². The molecule has 5 nitrogen and oxygen atoms in total. The normalized spacial score (nSPS) is 26.0. The quantitative estimate of drug-likeness (QED) is 0.922. The van der Waals surface area contributed by atoms with Gasteiger partial charge in [0.25, 0.3) is 0 Å². The molecule has 0 radical (unpaired) electrons. The molecular weight excluding hydrogens is 262 g/mol. The van der Waals surface area contributed by atoms with Crippen LogP contribution >= 0.6 is 0 Å². The molecule has 2 heterocycles. The summed E-state index contributed by atoms with van der Waals surface area (Å²) in [5.41, 5.74) is 0.364. The molecule has 3 rings (SSSR count). The third kappa shape index (κ3) is 2.99. The van der Waals surface area contributed by atoms with Crippen LogP contribution in [0.3, 0.4) is 0 Å². The number of piperazine rings is 1. The fourth-order valence-electron chi connectivity index (χ4n) is 4.09. The second-order valence-corrected chi connectivity index (χ2v) is 7.08. The highest BCUT2D eigenvalue weighted by molar-refractivity contribution is 5.02. The first-order valence-electron chi connectivity index (χ1n) is 8.49. The smallest absolute Gasteiger partial charge is 0.141 e. The summed E-state index contributed by atoms with van der Waals surface area (Å²) in [5.74, 6) is 1.77. The lowest BCUT2D eigenvalue weighted by Gasteiger charge is -2.47. The van der Waals surface area contributed by atoms with Crippen molar-refractivity contribution in [2.24, 2.45) is 5.92 Å². The SMILES string of the molecule is CCn1ncnc1CN1CC2(CCCC2)NCC1C(C)C. The molecule has 5 heteroatoms. The Kier molecular flexibility index (Phi) is 4.31. The standard InChI is InChI=1S/C16H29N5/c1-4-21-15(17-12-19-21)10-20-11-16(7-5-6-8-16)18-9-14(20)13(2)3/h12-14,18H,4-11H2,1-3H3. The average Bonchev–Trinajstić information content (AvgIpc) is 3.08. The molecule has 21 heavy (non-hydrogen) atoms. The van der Waals surface area contributed by atoms with Gasteiger partial charge in [-0.3, -0.25) is 4.90 Å². The summed E-state index contributed by atoms with van der Waals surface area (Å²) in [6.45, 7) is 10.9. The van der Waals surface area contributed by atoms with Crippen molar-refractivity contribution in [2.75, 3.05) is 13.1 Å². The van der Waals surface area contributed by atoms with Gasteiger partial charge in [0.15, 0.2) is 0 Å². The molecule has 1 N–H and O–H groups in total. The van der Waals surface area contributed by atoms with E-state index in [1.807, 2.05) is 4.68 Å². The fraction of sp³-hybridized carbons (Fsp3) is 0.875. The summed E-state index contributed by atoms with van der Waals surface area (Å²) >= 11 is 0. The Morgan fingerprint density at radius 2 is 2.14 bits per heavy atom. The molecule has 1 saturated carbocycles. The molecule has 1 aliphatic heterocycles. The van der Waals surface area contributed by atoms with Gasteiger partial charge >= 0.3 is 0 Å². The van der Waals surface area contributed by atoms with Crippen molar-refractivity contribution in [3.8, 4) is 0 Å². The first-order valence-corrected chi connectivity index (χ1v) is 8.49. The number of nitrogens with one attached hydrogen (secondary N) is 1. The summed E-state index contributed by atoms with van der Waals surface area (Å²) in [7, 11) is 0. The van der Waals surface area contributed by atoms with Gasteiger partial charge in [0.05, 0.1) is 6.54 Å². The highest BCUT2D eigenvalue weighted by atomic mass is 15.4. The average molecular weight is 291 g/mol. The molecule has 1 saturated heterocycles. The van der Waals surface area contributed by atoms with Gasteiger partial charge in [-0.05, 0) is 25.7 Å². The Morgan fingerprint density at radius 3 is 2.81 bits per heavy atom. The minimum atomic E-state index is 0.364. The number of aromatic nitrogens is 3. The summed E-state index contributed by atoms with van der Waals surface area (Å²) in [5, 5.41) is 8.20. The van der Waals surface area contributed by atoms with E-state index in [2.05, 4.69) is 41.1 Å². The zero-order valence-corrected chi connectivity index (χ0v) is 13.7. The minimum absolute atomic E-state index is 0.364. The number of hydrogen-bond donors (Lipinski definition) is 1. The Balaban J connectivity index is 1.77. The van der Waals surface area contributed by atoms with Crippen LogP contribution in [0.25, 0.3) is 0 Å². The predicted molar refractivity (Wildman–Crippen MR) is 83.9 cm³/mol. The molecule has 0 aromatic carbocycles. The number of hydrogen-bond acceptors (Lipinski definition) is 4. The summed E-state index contributed by atoms with van der Waals surface area (Å²) < 4.78 is 2.03. The molecule has 1 aromatic heterocycles. The fourth-order valence-corrected chi connectivity index (χ4v) is 4.09. The van der Waals surface area contributed by atoms with Gasteiger partial charge < -0.3 is 5.32 Å². The van der Waals surface area contributed by atoms with E-state index in [1.165, 1.54) is 25.7 Å². The summed E-state index contributed by atoms with van der Waals surface area (Å²) in [4.78, 5) is 7.14. The summed E-state index contributed by atoms with van der Waals surface area (Å²) in [6.07, 6.45) is 7.09. The third-order valence-electron chi connectivity index (χ3n) is 5.33. The van der Waals surface area contributed by atoms with Gasteiger partial charge in [-0.1, -0.05) is 26.7 Å². The van der Waals surface area contributed by atoms with Crippen LogP contribution in [-0.2, 0) is 13.1 Å². The second-order valence-electron chi connectivity index (χ2n) is 7.08. The molecular formula is C16H29N5.